The van der Waals surface area contributed by atoms with E-state index < -0.39 is 23.3 Å². The summed E-state index contributed by atoms with van der Waals surface area (Å²) in [6.45, 7) is 0. The number of carbonyl (C=O) groups is 2. The molecule has 1 aliphatic carbocycles. The highest BCUT2D eigenvalue weighted by molar-refractivity contribution is 6.30. The second-order valence-electron chi connectivity index (χ2n) is 7.07. The van der Waals surface area contributed by atoms with Gasteiger partial charge in [0.15, 0.2) is 5.69 Å². The minimum absolute atomic E-state index is 0.113. The summed E-state index contributed by atoms with van der Waals surface area (Å²) in [6.07, 6.45) is -2.06. The highest BCUT2D eigenvalue weighted by Gasteiger charge is 2.40. The second kappa shape index (κ2) is 8.07. The fourth-order valence-corrected chi connectivity index (χ4v) is 3.09. The van der Waals surface area contributed by atoms with Crippen LogP contribution in [0.4, 0.5) is 18.9 Å². The highest BCUT2D eigenvalue weighted by atomic mass is 35.5. The van der Waals surface area contributed by atoms with Gasteiger partial charge in [-0.2, -0.15) is 18.3 Å². The topological polar surface area (TPSA) is 76.0 Å². The van der Waals surface area contributed by atoms with E-state index in [-0.39, 0.29) is 23.3 Å². The van der Waals surface area contributed by atoms with E-state index in [1.54, 1.807) is 0 Å². The van der Waals surface area contributed by atoms with E-state index in [9.17, 15) is 22.8 Å². The van der Waals surface area contributed by atoms with Crippen molar-refractivity contribution in [1.82, 2.24) is 15.1 Å². The Balaban J connectivity index is 1.56. The Morgan fingerprint density at radius 2 is 1.65 bits per heavy atom. The minimum Gasteiger partial charge on any atom is -0.349 e. The molecule has 0 aliphatic heterocycles. The Hall–Kier alpha value is -3.33. The van der Waals surface area contributed by atoms with Gasteiger partial charge in [-0.15, -0.1) is 0 Å². The molecule has 31 heavy (non-hydrogen) atoms. The molecule has 10 heteroatoms. The second-order valence-corrected chi connectivity index (χ2v) is 7.51. The number of hydrogen-bond acceptors (Lipinski definition) is 3. The molecule has 0 radical (unpaired) electrons. The number of halogens is 4. The lowest BCUT2D eigenvalue weighted by Gasteiger charge is -2.13. The van der Waals surface area contributed by atoms with Crippen molar-refractivity contribution in [3.05, 3.63) is 76.6 Å². The van der Waals surface area contributed by atoms with Gasteiger partial charge in [0.1, 0.15) is 0 Å². The third-order valence-electron chi connectivity index (χ3n) is 4.67. The van der Waals surface area contributed by atoms with Crippen molar-refractivity contribution in [3.8, 4) is 5.69 Å². The molecule has 2 amide bonds. The van der Waals surface area contributed by atoms with Gasteiger partial charge in [0.2, 0.25) is 0 Å². The van der Waals surface area contributed by atoms with E-state index in [2.05, 4.69) is 15.7 Å². The number of aromatic nitrogens is 2. The molecule has 0 spiro atoms. The average molecular weight is 449 g/mol. The van der Waals surface area contributed by atoms with E-state index in [1.807, 2.05) is 0 Å². The third-order valence-corrected chi connectivity index (χ3v) is 4.92. The van der Waals surface area contributed by atoms with Crippen LogP contribution in [-0.4, -0.2) is 27.6 Å². The molecule has 0 atom stereocenters. The van der Waals surface area contributed by atoms with Gasteiger partial charge in [-0.25, -0.2) is 4.68 Å². The Labute approximate surface area is 180 Å². The lowest BCUT2D eigenvalue weighted by Crippen LogP contribution is -2.25. The summed E-state index contributed by atoms with van der Waals surface area (Å²) in [5.41, 5.74) is -1.07. The SMILES string of the molecule is O=C(NC1CC1)c1ccc(NC(=O)c2cnn(-c3ccc(Cl)cc3)c2C(F)(F)F)cc1. The van der Waals surface area contributed by atoms with E-state index in [1.165, 1.54) is 48.5 Å². The smallest absolute Gasteiger partial charge is 0.349 e. The van der Waals surface area contributed by atoms with Gasteiger partial charge in [-0.3, -0.25) is 9.59 Å². The summed E-state index contributed by atoms with van der Waals surface area (Å²) in [7, 11) is 0. The van der Waals surface area contributed by atoms with Crippen molar-refractivity contribution in [2.24, 2.45) is 0 Å². The molecule has 0 saturated heterocycles. The van der Waals surface area contributed by atoms with Crippen LogP contribution in [0.25, 0.3) is 5.69 Å². The van der Waals surface area contributed by atoms with Crippen molar-refractivity contribution in [2.75, 3.05) is 5.32 Å². The number of benzene rings is 2. The Kier molecular flexibility index (Phi) is 5.45. The number of carbonyl (C=O) groups excluding carboxylic acids is 2. The van der Waals surface area contributed by atoms with Gasteiger partial charge in [-0.1, -0.05) is 11.6 Å². The molecule has 3 aromatic rings. The van der Waals surface area contributed by atoms with Crippen LogP contribution in [0.1, 0.15) is 39.3 Å². The molecule has 1 aromatic heterocycles. The predicted molar refractivity (Wildman–Crippen MR) is 108 cm³/mol. The quantitative estimate of drug-likeness (QED) is 0.594. The summed E-state index contributed by atoms with van der Waals surface area (Å²) in [4.78, 5) is 24.6. The predicted octanol–water partition coefficient (Wildman–Crippen LogP) is 4.69. The molecular weight excluding hydrogens is 433 g/mol. The number of amides is 2. The van der Waals surface area contributed by atoms with E-state index in [0.717, 1.165) is 19.0 Å². The minimum atomic E-state index is -4.83. The first-order valence-electron chi connectivity index (χ1n) is 9.36. The van der Waals surface area contributed by atoms with Crippen LogP contribution in [0, 0.1) is 0 Å². The van der Waals surface area contributed by atoms with Crippen LogP contribution < -0.4 is 10.6 Å². The molecule has 2 aromatic carbocycles. The fourth-order valence-electron chi connectivity index (χ4n) is 2.97. The summed E-state index contributed by atoms with van der Waals surface area (Å²) < 4.78 is 41.9. The van der Waals surface area contributed by atoms with Gasteiger partial charge in [0.05, 0.1) is 17.4 Å². The van der Waals surface area contributed by atoms with Gasteiger partial charge in [0, 0.05) is 22.3 Å². The first kappa shape index (κ1) is 20.9. The summed E-state index contributed by atoms with van der Waals surface area (Å²) in [5.74, 6) is -1.20. The Bertz CT molecular complexity index is 1120. The summed E-state index contributed by atoms with van der Waals surface area (Å²) in [5, 5.41) is 9.36. The first-order chi connectivity index (χ1) is 14.7. The van der Waals surface area contributed by atoms with Crippen LogP contribution in [0.5, 0.6) is 0 Å². The average Bonchev–Trinajstić information content (AvgIpc) is 3.41. The molecule has 160 valence electrons. The van der Waals surface area contributed by atoms with Crippen LogP contribution in [0.3, 0.4) is 0 Å². The molecule has 1 fully saturated rings. The van der Waals surface area contributed by atoms with Gasteiger partial charge in [0.25, 0.3) is 11.8 Å². The number of rotatable bonds is 5. The zero-order valence-corrected chi connectivity index (χ0v) is 16.7. The maximum atomic E-state index is 13.7. The van der Waals surface area contributed by atoms with Crippen LogP contribution >= 0.6 is 11.6 Å². The zero-order chi connectivity index (χ0) is 22.2. The third kappa shape index (κ3) is 4.72. The van der Waals surface area contributed by atoms with Crippen molar-refractivity contribution in [1.29, 1.82) is 0 Å². The van der Waals surface area contributed by atoms with Gasteiger partial charge in [-0.05, 0) is 61.4 Å². The van der Waals surface area contributed by atoms with Crippen molar-refractivity contribution in [2.45, 2.75) is 25.1 Å². The summed E-state index contributed by atoms with van der Waals surface area (Å²) in [6, 6.07) is 11.7. The van der Waals surface area contributed by atoms with Crippen molar-refractivity contribution >= 4 is 29.1 Å². The molecule has 1 heterocycles. The summed E-state index contributed by atoms with van der Waals surface area (Å²) >= 11 is 5.79. The number of nitrogens with one attached hydrogen (secondary N) is 2. The van der Waals surface area contributed by atoms with E-state index in [0.29, 0.717) is 15.3 Å². The number of alkyl halides is 3. The van der Waals surface area contributed by atoms with Crippen molar-refractivity contribution in [3.63, 3.8) is 0 Å². The molecule has 2 N–H and O–H groups in total. The van der Waals surface area contributed by atoms with Crippen LogP contribution in [-0.2, 0) is 6.18 Å². The van der Waals surface area contributed by atoms with Crippen molar-refractivity contribution < 1.29 is 22.8 Å². The number of hydrogen-bond donors (Lipinski definition) is 2. The largest absolute Gasteiger partial charge is 0.434 e. The first-order valence-corrected chi connectivity index (χ1v) is 9.73. The molecule has 1 saturated carbocycles. The maximum Gasteiger partial charge on any atom is 0.434 e. The molecule has 0 bridgehead atoms. The van der Waals surface area contributed by atoms with Gasteiger partial charge < -0.3 is 10.6 Å². The maximum absolute atomic E-state index is 13.7. The highest BCUT2D eigenvalue weighted by Crippen LogP contribution is 2.34. The normalized spacial score (nSPS) is 13.7. The molecular formula is C21H16ClF3N4O2. The van der Waals surface area contributed by atoms with E-state index in [4.69, 9.17) is 11.6 Å². The van der Waals surface area contributed by atoms with Crippen LogP contribution in [0.2, 0.25) is 5.02 Å². The fraction of sp³-hybridized carbons (Fsp3) is 0.190. The Morgan fingerprint density at radius 1 is 1.00 bits per heavy atom. The molecule has 4 rings (SSSR count). The molecule has 1 aliphatic rings. The lowest BCUT2D eigenvalue weighted by molar-refractivity contribution is -0.143. The number of anilines is 1. The zero-order valence-electron chi connectivity index (χ0n) is 15.9. The monoisotopic (exact) mass is 448 g/mol. The number of nitrogens with zero attached hydrogens (tertiary/aromatic N) is 2. The Morgan fingerprint density at radius 3 is 2.23 bits per heavy atom. The lowest BCUT2D eigenvalue weighted by atomic mass is 10.1. The molecule has 6 nitrogen and oxygen atoms in total. The molecule has 0 unspecified atom stereocenters. The van der Waals surface area contributed by atoms with E-state index >= 15 is 0 Å². The van der Waals surface area contributed by atoms with Crippen LogP contribution in [0.15, 0.2) is 54.7 Å². The standard InChI is InChI=1S/C21H16ClF3N4O2/c22-13-3-9-16(10-4-13)29-18(21(23,24)25)17(11-26-29)20(31)28-14-5-1-12(2-6-14)19(30)27-15-7-8-15/h1-6,9-11,15H,7-8H2,(H,27,30)(H,28,31). The van der Waals surface area contributed by atoms with Gasteiger partial charge >= 0.3 is 6.18 Å².